The molecule has 4 nitrogen and oxygen atoms in total. The number of rotatable bonds is 1. The van der Waals surface area contributed by atoms with E-state index in [1.165, 1.54) is 0 Å². The third-order valence-electron chi connectivity index (χ3n) is 3.42. The fraction of sp³-hybridized carbons (Fsp3) is 0.133. The number of aryl methyl sites for hydroxylation is 1. The summed E-state index contributed by atoms with van der Waals surface area (Å²) in [7, 11) is 0. The summed E-state index contributed by atoms with van der Waals surface area (Å²) in [6.45, 7) is 3.79. The zero-order valence-electron chi connectivity index (χ0n) is 10.8. The molecule has 0 saturated carbocycles. The van der Waals surface area contributed by atoms with Gasteiger partial charge >= 0.3 is 0 Å². The van der Waals surface area contributed by atoms with Crippen LogP contribution < -0.4 is 5.43 Å². The van der Waals surface area contributed by atoms with Crippen molar-refractivity contribution in [2.24, 2.45) is 0 Å². The highest BCUT2D eigenvalue weighted by Gasteiger charge is 2.06. The van der Waals surface area contributed by atoms with Gasteiger partial charge in [0.25, 0.3) is 0 Å². The maximum Gasteiger partial charge on any atom is 0.191 e. The first-order valence-corrected chi connectivity index (χ1v) is 6.06. The molecule has 0 radical (unpaired) electrons. The lowest BCUT2D eigenvalue weighted by Gasteiger charge is -1.97. The third kappa shape index (κ3) is 1.91. The molecule has 1 aromatic carbocycles. The van der Waals surface area contributed by atoms with Gasteiger partial charge in [-0.25, -0.2) is 0 Å². The van der Waals surface area contributed by atoms with Crippen LogP contribution in [-0.2, 0) is 0 Å². The van der Waals surface area contributed by atoms with Crippen LogP contribution in [0, 0.1) is 13.8 Å². The summed E-state index contributed by atoms with van der Waals surface area (Å²) in [5.41, 5.74) is 4.31. The monoisotopic (exact) mass is 251 g/mol. The van der Waals surface area contributed by atoms with Gasteiger partial charge < -0.3 is 0 Å². The van der Waals surface area contributed by atoms with E-state index in [-0.39, 0.29) is 5.43 Å². The Morgan fingerprint density at radius 3 is 2.68 bits per heavy atom. The number of H-pyrrole nitrogens is 1. The lowest BCUT2D eigenvalue weighted by molar-refractivity contribution is 1.09. The van der Waals surface area contributed by atoms with Crippen molar-refractivity contribution in [2.75, 3.05) is 0 Å². The van der Waals surface area contributed by atoms with Gasteiger partial charge in [-0.15, -0.1) is 0 Å². The Morgan fingerprint density at radius 1 is 1.11 bits per heavy atom. The fourth-order valence-electron chi connectivity index (χ4n) is 2.07. The van der Waals surface area contributed by atoms with Crippen molar-refractivity contribution in [3.05, 3.63) is 58.1 Å². The van der Waals surface area contributed by atoms with E-state index < -0.39 is 0 Å². The van der Waals surface area contributed by atoms with Crippen LogP contribution in [0.4, 0.5) is 0 Å². The minimum atomic E-state index is 0.0374. The van der Waals surface area contributed by atoms with Crippen molar-refractivity contribution >= 4 is 10.9 Å². The molecule has 0 bridgehead atoms. The molecule has 0 amide bonds. The van der Waals surface area contributed by atoms with Crippen molar-refractivity contribution < 1.29 is 0 Å². The van der Waals surface area contributed by atoms with Gasteiger partial charge in [0.15, 0.2) is 5.43 Å². The first-order chi connectivity index (χ1) is 9.16. The Bertz CT molecular complexity index is 807. The number of hydrogen-bond donors (Lipinski definition) is 1. The first kappa shape index (κ1) is 11.6. The molecule has 0 unspecified atom stereocenters. The molecule has 19 heavy (non-hydrogen) atoms. The number of hydrogen-bond acceptors (Lipinski definition) is 3. The topological polar surface area (TPSA) is 58.6 Å². The molecule has 0 aliphatic carbocycles. The van der Waals surface area contributed by atoms with E-state index in [0.717, 1.165) is 22.3 Å². The molecular weight excluding hydrogens is 238 g/mol. The van der Waals surface area contributed by atoms with Crippen molar-refractivity contribution in [1.82, 2.24) is 15.2 Å². The second-order valence-electron chi connectivity index (χ2n) is 4.61. The molecule has 0 aliphatic rings. The standard InChI is InChI=1S/C15H13N3O/c1-9-3-4-14-13(15(19)10(9)2)5-11(6-16-14)12-7-17-18-8-12/h3-8H,1-2H3,(H,17,18). The highest BCUT2D eigenvalue weighted by molar-refractivity contribution is 5.83. The average Bonchev–Trinajstić information content (AvgIpc) is 2.94. The number of nitrogens with one attached hydrogen (secondary N) is 1. The van der Waals surface area contributed by atoms with Gasteiger partial charge in [-0.1, -0.05) is 6.07 Å². The van der Waals surface area contributed by atoms with Crippen LogP contribution in [0.2, 0.25) is 0 Å². The van der Waals surface area contributed by atoms with Crippen LogP contribution in [0.15, 0.2) is 41.6 Å². The predicted molar refractivity (Wildman–Crippen MR) is 75.1 cm³/mol. The number of pyridine rings is 1. The van der Waals surface area contributed by atoms with E-state index in [4.69, 9.17) is 0 Å². The second kappa shape index (κ2) is 4.31. The SMILES string of the molecule is Cc1ccc2ncc(-c3cn[nH]c3)cc2c(=O)c1C. The minimum absolute atomic E-state index is 0.0374. The second-order valence-corrected chi connectivity index (χ2v) is 4.61. The van der Waals surface area contributed by atoms with Gasteiger partial charge in [0.1, 0.15) is 0 Å². The summed E-state index contributed by atoms with van der Waals surface area (Å²) < 4.78 is 0. The van der Waals surface area contributed by atoms with Gasteiger partial charge in [-0.05, 0) is 37.1 Å². The van der Waals surface area contributed by atoms with Gasteiger partial charge in [0.2, 0.25) is 0 Å². The molecule has 0 spiro atoms. The van der Waals surface area contributed by atoms with E-state index >= 15 is 0 Å². The molecular formula is C15H13N3O. The highest BCUT2D eigenvalue weighted by Crippen LogP contribution is 2.20. The number of aromatic nitrogens is 3. The molecule has 2 heterocycles. The van der Waals surface area contributed by atoms with E-state index in [2.05, 4.69) is 15.2 Å². The molecule has 4 heteroatoms. The van der Waals surface area contributed by atoms with E-state index in [1.807, 2.05) is 32.0 Å². The normalized spacial score (nSPS) is 10.8. The van der Waals surface area contributed by atoms with Gasteiger partial charge in [0.05, 0.1) is 11.7 Å². The molecule has 1 N–H and O–H groups in total. The smallest absolute Gasteiger partial charge is 0.191 e. The summed E-state index contributed by atoms with van der Waals surface area (Å²) in [6, 6.07) is 5.70. The van der Waals surface area contributed by atoms with Gasteiger partial charge in [0, 0.05) is 28.9 Å². The third-order valence-corrected chi connectivity index (χ3v) is 3.42. The molecule has 2 aromatic heterocycles. The Hall–Kier alpha value is -2.49. The molecule has 3 aromatic rings. The fourth-order valence-corrected chi connectivity index (χ4v) is 2.07. The summed E-state index contributed by atoms with van der Waals surface area (Å²) in [5, 5.41) is 7.32. The van der Waals surface area contributed by atoms with E-state index in [0.29, 0.717) is 10.9 Å². The quantitative estimate of drug-likeness (QED) is 0.723. The van der Waals surface area contributed by atoms with Crippen molar-refractivity contribution in [1.29, 1.82) is 0 Å². The Kier molecular flexibility index (Phi) is 2.63. The zero-order chi connectivity index (χ0) is 13.4. The number of fused-ring (bicyclic) bond motifs is 1. The van der Waals surface area contributed by atoms with Crippen molar-refractivity contribution in [3.63, 3.8) is 0 Å². The number of nitrogens with zero attached hydrogens (tertiary/aromatic N) is 2. The zero-order valence-corrected chi connectivity index (χ0v) is 10.8. The molecule has 94 valence electrons. The minimum Gasteiger partial charge on any atom is -0.289 e. The van der Waals surface area contributed by atoms with Crippen LogP contribution in [0.25, 0.3) is 22.0 Å². The van der Waals surface area contributed by atoms with Crippen LogP contribution >= 0.6 is 0 Å². The molecule has 3 rings (SSSR count). The van der Waals surface area contributed by atoms with E-state index in [9.17, 15) is 4.79 Å². The highest BCUT2D eigenvalue weighted by atomic mass is 16.1. The molecule has 0 fully saturated rings. The Balaban J connectivity index is 2.38. The van der Waals surface area contributed by atoms with E-state index in [1.54, 1.807) is 18.6 Å². The van der Waals surface area contributed by atoms with Gasteiger partial charge in [-0.2, -0.15) is 5.10 Å². The molecule has 0 saturated heterocycles. The summed E-state index contributed by atoms with van der Waals surface area (Å²) in [6.07, 6.45) is 5.26. The predicted octanol–water partition coefficient (Wildman–Crippen LogP) is 2.60. The summed E-state index contributed by atoms with van der Waals surface area (Å²) in [5.74, 6) is 0. The van der Waals surface area contributed by atoms with Crippen molar-refractivity contribution in [2.45, 2.75) is 13.8 Å². The summed E-state index contributed by atoms with van der Waals surface area (Å²) >= 11 is 0. The average molecular weight is 251 g/mol. The largest absolute Gasteiger partial charge is 0.289 e. The van der Waals surface area contributed by atoms with Crippen molar-refractivity contribution in [3.8, 4) is 11.1 Å². The lowest BCUT2D eigenvalue weighted by atomic mass is 10.1. The van der Waals surface area contributed by atoms with Gasteiger partial charge in [-0.3, -0.25) is 14.9 Å². The van der Waals surface area contributed by atoms with Crippen LogP contribution in [-0.4, -0.2) is 15.2 Å². The Morgan fingerprint density at radius 2 is 1.95 bits per heavy atom. The van der Waals surface area contributed by atoms with Crippen LogP contribution in [0.3, 0.4) is 0 Å². The number of aromatic amines is 1. The summed E-state index contributed by atoms with van der Waals surface area (Å²) in [4.78, 5) is 16.8. The molecule has 0 atom stereocenters. The first-order valence-electron chi connectivity index (χ1n) is 6.06. The Labute approximate surface area is 110 Å². The van der Waals surface area contributed by atoms with Crippen LogP contribution in [0.5, 0.6) is 0 Å². The molecule has 0 aliphatic heterocycles. The van der Waals surface area contributed by atoms with Crippen LogP contribution in [0.1, 0.15) is 11.1 Å². The maximum absolute atomic E-state index is 12.4. The maximum atomic E-state index is 12.4. The lowest BCUT2D eigenvalue weighted by Crippen LogP contribution is -2.03.